The molecule has 1 amide bonds. The molecule has 0 spiro atoms. The Bertz CT molecular complexity index is 704. The fraction of sp³-hybridized carbons (Fsp3) is 0.762. The van der Waals surface area contributed by atoms with Gasteiger partial charge in [-0.15, -0.1) is 0 Å². The van der Waals surface area contributed by atoms with Crippen LogP contribution in [-0.2, 0) is 11.3 Å². The zero-order chi connectivity index (χ0) is 18.6. The minimum absolute atomic E-state index is 0.106. The molecule has 3 heterocycles. The first-order valence-electron chi connectivity index (χ1n) is 10.8. The summed E-state index contributed by atoms with van der Waals surface area (Å²) >= 11 is 0. The van der Waals surface area contributed by atoms with Crippen molar-refractivity contribution >= 4 is 5.91 Å². The number of carbonyl (C=O) groups is 1. The SMILES string of the molecule is O=C1CCCCCN1CCN1CCC(Cn2cnc(C3CC3)cc2=O)CC1. The van der Waals surface area contributed by atoms with E-state index in [4.69, 9.17) is 0 Å². The molecule has 1 saturated carbocycles. The monoisotopic (exact) mass is 372 g/mol. The van der Waals surface area contributed by atoms with Gasteiger partial charge in [-0.3, -0.25) is 14.2 Å². The number of piperidine rings is 1. The average molecular weight is 373 g/mol. The Morgan fingerprint density at radius 3 is 2.52 bits per heavy atom. The van der Waals surface area contributed by atoms with E-state index in [0.717, 1.165) is 77.1 Å². The second kappa shape index (κ2) is 8.55. The summed E-state index contributed by atoms with van der Waals surface area (Å²) in [6.07, 6.45) is 10.5. The van der Waals surface area contributed by atoms with Crippen LogP contribution < -0.4 is 5.56 Å². The van der Waals surface area contributed by atoms with Crippen LogP contribution in [0.25, 0.3) is 0 Å². The van der Waals surface area contributed by atoms with Crippen molar-refractivity contribution in [3.63, 3.8) is 0 Å². The number of carbonyl (C=O) groups excluding carboxylic acids is 1. The Kier molecular flexibility index (Phi) is 5.91. The Morgan fingerprint density at radius 1 is 0.963 bits per heavy atom. The largest absolute Gasteiger partial charge is 0.341 e. The first-order chi connectivity index (χ1) is 13.2. The predicted molar refractivity (Wildman–Crippen MR) is 105 cm³/mol. The highest BCUT2D eigenvalue weighted by molar-refractivity contribution is 5.76. The van der Waals surface area contributed by atoms with Crippen molar-refractivity contribution < 1.29 is 4.79 Å². The predicted octanol–water partition coefficient (Wildman–Crippen LogP) is 2.24. The lowest BCUT2D eigenvalue weighted by Gasteiger charge is -2.33. The van der Waals surface area contributed by atoms with E-state index in [2.05, 4.69) is 14.8 Å². The molecule has 6 nitrogen and oxygen atoms in total. The van der Waals surface area contributed by atoms with Crippen LogP contribution in [0.5, 0.6) is 0 Å². The molecule has 0 N–H and O–H groups in total. The summed E-state index contributed by atoms with van der Waals surface area (Å²) in [6.45, 7) is 5.70. The molecule has 2 aliphatic heterocycles. The van der Waals surface area contributed by atoms with Crippen molar-refractivity contribution in [2.24, 2.45) is 5.92 Å². The van der Waals surface area contributed by atoms with Crippen LogP contribution in [-0.4, -0.2) is 58.0 Å². The van der Waals surface area contributed by atoms with Crippen molar-refractivity contribution in [3.05, 3.63) is 28.4 Å². The number of aromatic nitrogens is 2. The number of likely N-dealkylation sites (tertiary alicyclic amines) is 2. The number of nitrogens with zero attached hydrogens (tertiary/aromatic N) is 4. The lowest BCUT2D eigenvalue weighted by molar-refractivity contribution is -0.130. The van der Waals surface area contributed by atoms with Crippen molar-refractivity contribution in [1.82, 2.24) is 19.4 Å². The van der Waals surface area contributed by atoms with E-state index in [9.17, 15) is 9.59 Å². The second-order valence-electron chi connectivity index (χ2n) is 8.56. The molecule has 1 aromatic heterocycles. The van der Waals surface area contributed by atoms with Gasteiger partial charge in [0.25, 0.3) is 5.56 Å². The molecule has 4 rings (SSSR count). The normalized spacial score (nSPS) is 22.8. The molecule has 3 fully saturated rings. The van der Waals surface area contributed by atoms with Crippen LogP contribution in [0.1, 0.15) is 63.0 Å². The van der Waals surface area contributed by atoms with E-state index >= 15 is 0 Å². The van der Waals surface area contributed by atoms with E-state index in [-0.39, 0.29) is 5.56 Å². The molecule has 1 aromatic rings. The molecule has 3 aliphatic rings. The number of amides is 1. The van der Waals surface area contributed by atoms with E-state index in [1.165, 1.54) is 19.3 Å². The van der Waals surface area contributed by atoms with E-state index in [0.29, 0.717) is 17.7 Å². The third-order valence-corrected chi connectivity index (χ3v) is 6.42. The fourth-order valence-corrected chi connectivity index (χ4v) is 4.39. The molecule has 1 aliphatic carbocycles. The number of hydrogen-bond donors (Lipinski definition) is 0. The van der Waals surface area contributed by atoms with Crippen molar-refractivity contribution in [1.29, 1.82) is 0 Å². The van der Waals surface area contributed by atoms with Crippen LogP contribution in [0.3, 0.4) is 0 Å². The molecular formula is C21H32N4O2. The molecule has 6 heteroatoms. The van der Waals surface area contributed by atoms with Gasteiger partial charge in [-0.05, 0) is 57.5 Å². The molecule has 27 heavy (non-hydrogen) atoms. The fourth-order valence-electron chi connectivity index (χ4n) is 4.39. The topological polar surface area (TPSA) is 58.4 Å². The first-order valence-corrected chi connectivity index (χ1v) is 10.8. The molecule has 148 valence electrons. The second-order valence-corrected chi connectivity index (χ2v) is 8.56. The molecular weight excluding hydrogens is 340 g/mol. The third kappa shape index (κ3) is 4.98. The average Bonchev–Trinajstić information content (AvgIpc) is 3.52. The molecule has 2 saturated heterocycles. The summed E-state index contributed by atoms with van der Waals surface area (Å²) in [5.41, 5.74) is 1.09. The summed E-state index contributed by atoms with van der Waals surface area (Å²) in [7, 11) is 0. The summed E-state index contributed by atoms with van der Waals surface area (Å²) in [5, 5.41) is 0. The molecule has 0 radical (unpaired) electrons. The maximum Gasteiger partial charge on any atom is 0.253 e. The smallest absolute Gasteiger partial charge is 0.253 e. The summed E-state index contributed by atoms with van der Waals surface area (Å²) < 4.78 is 1.79. The van der Waals surface area contributed by atoms with Gasteiger partial charge in [0.05, 0.1) is 12.0 Å². The van der Waals surface area contributed by atoms with Crippen LogP contribution in [0.15, 0.2) is 17.2 Å². The minimum atomic E-state index is 0.106. The maximum absolute atomic E-state index is 12.3. The van der Waals surface area contributed by atoms with Crippen molar-refractivity contribution in [2.75, 3.05) is 32.7 Å². The molecule has 0 unspecified atom stereocenters. The zero-order valence-corrected chi connectivity index (χ0v) is 16.3. The van der Waals surface area contributed by atoms with Gasteiger partial charge in [0.15, 0.2) is 0 Å². The highest BCUT2D eigenvalue weighted by Gasteiger charge is 2.26. The highest BCUT2D eigenvalue weighted by Crippen LogP contribution is 2.38. The Labute approximate surface area is 161 Å². The lowest BCUT2D eigenvalue weighted by atomic mass is 9.96. The minimum Gasteiger partial charge on any atom is -0.341 e. The van der Waals surface area contributed by atoms with Gasteiger partial charge in [0.1, 0.15) is 0 Å². The van der Waals surface area contributed by atoms with Crippen LogP contribution in [0, 0.1) is 5.92 Å². The van der Waals surface area contributed by atoms with E-state index in [1.807, 2.05) is 0 Å². The van der Waals surface area contributed by atoms with Gasteiger partial charge in [-0.2, -0.15) is 0 Å². The quantitative estimate of drug-likeness (QED) is 0.768. The number of hydrogen-bond acceptors (Lipinski definition) is 4. The van der Waals surface area contributed by atoms with Crippen molar-refractivity contribution in [2.45, 2.75) is 63.8 Å². The zero-order valence-electron chi connectivity index (χ0n) is 16.3. The molecule has 0 bridgehead atoms. The maximum atomic E-state index is 12.3. The standard InChI is InChI=1S/C21H32N4O2/c26-20-4-2-1-3-9-24(20)13-12-23-10-7-17(8-11-23)15-25-16-22-19(14-21(25)27)18-5-6-18/h14,16-18H,1-13,15H2. The Morgan fingerprint density at radius 2 is 1.78 bits per heavy atom. The van der Waals surface area contributed by atoms with Gasteiger partial charge < -0.3 is 9.80 Å². The van der Waals surface area contributed by atoms with Gasteiger partial charge in [-0.1, -0.05) is 6.42 Å². The Balaban J connectivity index is 1.22. The van der Waals surface area contributed by atoms with Crippen LogP contribution >= 0.6 is 0 Å². The van der Waals surface area contributed by atoms with Gasteiger partial charge in [-0.25, -0.2) is 4.98 Å². The lowest BCUT2D eigenvalue weighted by Crippen LogP contribution is -2.42. The Hall–Kier alpha value is -1.69. The summed E-state index contributed by atoms with van der Waals surface area (Å²) in [5.74, 6) is 1.42. The molecule has 0 atom stereocenters. The highest BCUT2D eigenvalue weighted by atomic mass is 16.2. The van der Waals surface area contributed by atoms with Crippen molar-refractivity contribution in [3.8, 4) is 0 Å². The summed E-state index contributed by atoms with van der Waals surface area (Å²) in [6, 6.07) is 1.74. The van der Waals surface area contributed by atoms with Gasteiger partial charge >= 0.3 is 0 Å². The summed E-state index contributed by atoms with van der Waals surface area (Å²) in [4.78, 5) is 33.5. The van der Waals surface area contributed by atoms with Crippen LogP contribution in [0.4, 0.5) is 0 Å². The number of rotatable bonds is 6. The molecule has 0 aromatic carbocycles. The first kappa shape index (κ1) is 18.7. The van der Waals surface area contributed by atoms with E-state index in [1.54, 1.807) is 17.0 Å². The van der Waals surface area contributed by atoms with Crippen LogP contribution in [0.2, 0.25) is 0 Å². The van der Waals surface area contributed by atoms with E-state index < -0.39 is 0 Å². The van der Waals surface area contributed by atoms with Gasteiger partial charge in [0.2, 0.25) is 5.91 Å². The van der Waals surface area contributed by atoms with Gasteiger partial charge in [0, 0.05) is 44.6 Å². The third-order valence-electron chi connectivity index (χ3n) is 6.42.